The first-order chi connectivity index (χ1) is 8.22. The van der Waals surface area contributed by atoms with E-state index in [0.29, 0.717) is 5.92 Å². The van der Waals surface area contributed by atoms with E-state index < -0.39 is 0 Å². The second-order valence-electron chi connectivity index (χ2n) is 4.88. The number of carbonyl (C=O) groups is 1. The lowest BCUT2D eigenvalue weighted by Crippen LogP contribution is -2.15. The number of hydrogen-bond donors (Lipinski definition) is 0. The third-order valence-corrected chi connectivity index (χ3v) is 3.35. The molecular formula is C14H20N2O. The molecule has 3 nitrogen and oxygen atoms in total. The predicted molar refractivity (Wildman–Crippen MR) is 67.9 cm³/mol. The molecule has 2 rings (SSSR count). The summed E-state index contributed by atoms with van der Waals surface area (Å²) in [5, 5.41) is 4.21. The van der Waals surface area contributed by atoms with Gasteiger partial charge in [-0.05, 0) is 43.2 Å². The van der Waals surface area contributed by atoms with Crippen LogP contribution >= 0.6 is 0 Å². The van der Waals surface area contributed by atoms with Crippen LogP contribution in [0.25, 0.3) is 0 Å². The summed E-state index contributed by atoms with van der Waals surface area (Å²) in [7, 11) is 0. The van der Waals surface area contributed by atoms with Crippen LogP contribution in [0.3, 0.4) is 0 Å². The Labute approximate surface area is 103 Å². The molecule has 17 heavy (non-hydrogen) atoms. The standard InChI is InChI=1S/C14H20N2O/c1-3-10-16-13(8-9-15-16)14(17)12-6-4-11(2)5-7-12/h6,8-9,11H,3-5,7,10H2,1-2H3. The third-order valence-electron chi connectivity index (χ3n) is 3.35. The van der Waals surface area contributed by atoms with Crippen LogP contribution in [0.4, 0.5) is 0 Å². The molecule has 0 aromatic carbocycles. The van der Waals surface area contributed by atoms with Crippen molar-refractivity contribution in [1.29, 1.82) is 0 Å². The predicted octanol–water partition coefficient (Wildman–Crippen LogP) is 3.22. The second kappa shape index (κ2) is 5.30. The lowest BCUT2D eigenvalue weighted by molar-refractivity contribution is 0.101. The van der Waals surface area contributed by atoms with Crippen LogP contribution < -0.4 is 0 Å². The highest BCUT2D eigenvalue weighted by atomic mass is 16.1. The van der Waals surface area contributed by atoms with Crippen LogP contribution in [0.1, 0.15) is 50.0 Å². The van der Waals surface area contributed by atoms with Crippen molar-refractivity contribution >= 4 is 5.78 Å². The van der Waals surface area contributed by atoms with Gasteiger partial charge in [-0.25, -0.2) is 0 Å². The molecule has 92 valence electrons. The molecule has 0 bridgehead atoms. The molecule has 0 saturated heterocycles. The van der Waals surface area contributed by atoms with E-state index in [1.165, 1.54) is 0 Å². The Morgan fingerprint density at radius 3 is 3.06 bits per heavy atom. The average Bonchev–Trinajstić information content (AvgIpc) is 2.78. The largest absolute Gasteiger partial charge is 0.287 e. The quantitative estimate of drug-likeness (QED) is 0.747. The second-order valence-corrected chi connectivity index (χ2v) is 4.88. The zero-order valence-electron chi connectivity index (χ0n) is 10.6. The van der Waals surface area contributed by atoms with Crippen molar-refractivity contribution in [2.24, 2.45) is 5.92 Å². The van der Waals surface area contributed by atoms with Crippen molar-refractivity contribution in [1.82, 2.24) is 9.78 Å². The number of Topliss-reactive ketones (excluding diaryl/α,β-unsaturated/α-hetero) is 1. The molecule has 1 unspecified atom stereocenters. The Morgan fingerprint density at radius 1 is 1.59 bits per heavy atom. The molecule has 0 N–H and O–H groups in total. The average molecular weight is 232 g/mol. The zero-order valence-corrected chi connectivity index (χ0v) is 10.6. The first-order valence-corrected chi connectivity index (χ1v) is 6.48. The zero-order chi connectivity index (χ0) is 12.3. The molecule has 1 aromatic heterocycles. The minimum Gasteiger partial charge on any atom is -0.287 e. The number of allylic oxidation sites excluding steroid dienone is 2. The van der Waals surface area contributed by atoms with Gasteiger partial charge in [0.25, 0.3) is 0 Å². The fraction of sp³-hybridized carbons (Fsp3) is 0.571. The maximum atomic E-state index is 12.3. The highest BCUT2D eigenvalue weighted by Gasteiger charge is 2.19. The van der Waals surface area contributed by atoms with Crippen molar-refractivity contribution in [2.45, 2.75) is 46.1 Å². The maximum absolute atomic E-state index is 12.3. The van der Waals surface area contributed by atoms with E-state index in [-0.39, 0.29) is 5.78 Å². The molecule has 1 atom stereocenters. The van der Waals surface area contributed by atoms with Crippen molar-refractivity contribution in [3.63, 3.8) is 0 Å². The van der Waals surface area contributed by atoms with Gasteiger partial charge in [0.15, 0.2) is 0 Å². The van der Waals surface area contributed by atoms with E-state index in [1.54, 1.807) is 6.20 Å². The van der Waals surface area contributed by atoms with Gasteiger partial charge in [0.1, 0.15) is 5.69 Å². The SMILES string of the molecule is CCCn1nccc1C(=O)C1=CCC(C)CC1. The summed E-state index contributed by atoms with van der Waals surface area (Å²) in [5.41, 5.74) is 1.72. The van der Waals surface area contributed by atoms with Crippen molar-refractivity contribution < 1.29 is 4.79 Å². The Balaban J connectivity index is 2.16. The molecule has 1 aromatic rings. The van der Waals surface area contributed by atoms with Crippen molar-refractivity contribution in [3.05, 3.63) is 29.6 Å². The van der Waals surface area contributed by atoms with E-state index >= 15 is 0 Å². The number of ketones is 1. The Kier molecular flexibility index (Phi) is 3.77. The van der Waals surface area contributed by atoms with E-state index in [0.717, 1.165) is 43.5 Å². The Morgan fingerprint density at radius 2 is 2.41 bits per heavy atom. The summed E-state index contributed by atoms with van der Waals surface area (Å²) in [4.78, 5) is 12.3. The highest BCUT2D eigenvalue weighted by Crippen LogP contribution is 2.25. The van der Waals surface area contributed by atoms with Crippen LogP contribution in [0.2, 0.25) is 0 Å². The van der Waals surface area contributed by atoms with Crippen molar-refractivity contribution in [3.8, 4) is 0 Å². The highest BCUT2D eigenvalue weighted by molar-refractivity contribution is 6.07. The van der Waals surface area contributed by atoms with Gasteiger partial charge in [-0.15, -0.1) is 0 Å². The smallest absolute Gasteiger partial charge is 0.206 e. The van der Waals surface area contributed by atoms with Gasteiger partial charge in [0.2, 0.25) is 5.78 Å². The summed E-state index contributed by atoms with van der Waals surface area (Å²) in [6.07, 6.45) is 7.90. The third kappa shape index (κ3) is 2.65. The van der Waals surface area contributed by atoms with Crippen molar-refractivity contribution in [2.75, 3.05) is 0 Å². The van der Waals surface area contributed by atoms with Gasteiger partial charge in [-0.3, -0.25) is 9.48 Å². The van der Waals surface area contributed by atoms with Gasteiger partial charge in [-0.2, -0.15) is 5.10 Å². The van der Waals surface area contributed by atoms with Gasteiger partial charge in [0, 0.05) is 12.7 Å². The maximum Gasteiger partial charge on any atom is 0.206 e. The summed E-state index contributed by atoms with van der Waals surface area (Å²) in [5.74, 6) is 0.884. The molecule has 0 spiro atoms. The first-order valence-electron chi connectivity index (χ1n) is 6.48. The number of aryl methyl sites for hydroxylation is 1. The van der Waals surface area contributed by atoms with Gasteiger partial charge in [0.05, 0.1) is 0 Å². The van der Waals surface area contributed by atoms with E-state index in [4.69, 9.17) is 0 Å². The summed E-state index contributed by atoms with van der Waals surface area (Å²) >= 11 is 0. The minimum atomic E-state index is 0.169. The van der Waals surface area contributed by atoms with Gasteiger partial charge in [-0.1, -0.05) is 19.9 Å². The van der Waals surface area contributed by atoms with E-state index in [9.17, 15) is 4.79 Å². The minimum absolute atomic E-state index is 0.169. The molecule has 3 heteroatoms. The number of aromatic nitrogens is 2. The normalized spacial score (nSPS) is 20.1. The Hall–Kier alpha value is -1.38. The molecule has 0 aliphatic heterocycles. The molecule has 0 saturated carbocycles. The summed E-state index contributed by atoms with van der Waals surface area (Å²) in [6, 6.07) is 1.83. The number of rotatable bonds is 4. The topological polar surface area (TPSA) is 34.9 Å². The molecule has 1 aliphatic carbocycles. The fourth-order valence-corrected chi connectivity index (χ4v) is 2.25. The lowest BCUT2D eigenvalue weighted by atomic mass is 9.88. The van der Waals surface area contributed by atoms with Gasteiger partial charge < -0.3 is 0 Å². The van der Waals surface area contributed by atoms with Crippen LogP contribution in [0, 0.1) is 5.92 Å². The van der Waals surface area contributed by atoms with Crippen LogP contribution in [-0.4, -0.2) is 15.6 Å². The van der Waals surface area contributed by atoms with E-state index in [2.05, 4.69) is 25.0 Å². The number of nitrogens with zero attached hydrogens (tertiary/aromatic N) is 2. The van der Waals surface area contributed by atoms with Gasteiger partial charge >= 0.3 is 0 Å². The Bertz CT molecular complexity index is 431. The summed E-state index contributed by atoms with van der Waals surface area (Å²) < 4.78 is 1.82. The number of carbonyl (C=O) groups excluding carboxylic acids is 1. The molecular weight excluding hydrogens is 212 g/mol. The number of hydrogen-bond acceptors (Lipinski definition) is 2. The summed E-state index contributed by atoms with van der Waals surface area (Å²) in [6.45, 7) is 5.15. The van der Waals surface area contributed by atoms with Crippen LogP contribution in [0.5, 0.6) is 0 Å². The monoisotopic (exact) mass is 232 g/mol. The molecule has 0 radical (unpaired) electrons. The molecule has 0 amide bonds. The van der Waals surface area contributed by atoms with E-state index in [1.807, 2.05) is 10.7 Å². The first kappa shape index (κ1) is 12.1. The molecule has 0 fully saturated rings. The fourth-order valence-electron chi connectivity index (χ4n) is 2.25. The molecule has 1 aliphatic rings. The van der Waals surface area contributed by atoms with Crippen LogP contribution in [-0.2, 0) is 6.54 Å². The molecule has 1 heterocycles. The van der Waals surface area contributed by atoms with Crippen LogP contribution in [0.15, 0.2) is 23.9 Å². The lowest BCUT2D eigenvalue weighted by Gasteiger charge is -2.17.